The summed E-state index contributed by atoms with van der Waals surface area (Å²) in [6.07, 6.45) is -0.0214. The Morgan fingerprint density at radius 3 is 2.48 bits per heavy atom. The van der Waals surface area contributed by atoms with E-state index in [-0.39, 0.29) is 29.6 Å². The Hall–Kier alpha value is -4.06. The third kappa shape index (κ3) is 5.23. The number of nitrogens with zero attached hydrogens (tertiary/aromatic N) is 2. The molecule has 33 heavy (non-hydrogen) atoms. The number of amides is 1. The van der Waals surface area contributed by atoms with Crippen molar-refractivity contribution in [3.63, 3.8) is 0 Å². The zero-order chi connectivity index (χ0) is 24.2. The SMILES string of the molecule is Cc1ccc(NS(=O)(=O)c2cccc3ccccc23)c(=O)n1C(CCON=C(N)N)C(N)=O. The number of benzene rings is 2. The molecule has 12 heteroatoms. The van der Waals surface area contributed by atoms with Crippen molar-refractivity contribution >= 4 is 38.3 Å². The number of aryl methyl sites for hydroxylation is 1. The Bertz CT molecular complexity index is 1370. The van der Waals surface area contributed by atoms with Crippen molar-refractivity contribution in [2.45, 2.75) is 24.3 Å². The van der Waals surface area contributed by atoms with Crippen molar-refractivity contribution in [1.82, 2.24) is 4.57 Å². The Morgan fingerprint density at radius 1 is 1.09 bits per heavy atom. The number of sulfonamides is 1. The lowest BCUT2D eigenvalue weighted by atomic mass is 10.1. The normalized spacial score (nSPS) is 12.2. The maximum Gasteiger partial charge on any atom is 0.275 e. The van der Waals surface area contributed by atoms with Crippen LogP contribution in [-0.2, 0) is 19.7 Å². The number of aromatic nitrogens is 1. The van der Waals surface area contributed by atoms with E-state index in [1.54, 1.807) is 43.3 Å². The molecular weight excluding hydrogens is 448 g/mol. The summed E-state index contributed by atoms with van der Waals surface area (Å²) >= 11 is 0. The summed E-state index contributed by atoms with van der Waals surface area (Å²) in [5, 5.41) is 4.60. The summed E-state index contributed by atoms with van der Waals surface area (Å²) in [7, 11) is -4.12. The van der Waals surface area contributed by atoms with Crippen LogP contribution in [0.4, 0.5) is 5.69 Å². The van der Waals surface area contributed by atoms with Gasteiger partial charge in [0.1, 0.15) is 18.3 Å². The number of rotatable bonds is 9. The van der Waals surface area contributed by atoms with E-state index in [2.05, 4.69) is 9.88 Å². The van der Waals surface area contributed by atoms with E-state index in [1.165, 1.54) is 18.2 Å². The number of nitrogens with one attached hydrogen (secondary N) is 1. The molecule has 0 bridgehead atoms. The Labute approximate surface area is 189 Å². The van der Waals surface area contributed by atoms with Crippen LogP contribution in [0.15, 0.2) is 69.4 Å². The van der Waals surface area contributed by atoms with Crippen LogP contribution in [-0.4, -0.2) is 31.5 Å². The number of fused-ring (bicyclic) bond motifs is 1. The molecule has 3 aromatic rings. The van der Waals surface area contributed by atoms with Crippen LogP contribution in [0.5, 0.6) is 0 Å². The van der Waals surface area contributed by atoms with Gasteiger partial charge in [0.05, 0.1) is 4.90 Å². The molecule has 0 saturated heterocycles. The first-order chi connectivity index (χ1) is 15.6. The highest BCUT2D eigenvalue weighted by molar-refractivity contribution is 7.93. The minimum absolute atomic E-state index is 0.0178. The van der Waals surface area contributed by atoms with Crippen molar-refractivity contribution in [2.75, 3.05) is 11.3 Å². The van der Waals surface area contributed by atoms with Gasteiger partial charge in [-0.15, -0.1) is 0 Å². The molecule has 1 unspecified atom stereocenters. The fourth-order valence-corrected chi connectivity index (χ4v) is 4.71. The molecule has 1 amide bonds. The Balaban J connectivity index is 1.98. The van der Waals surface area contributed by atoms with E-state index in [9.17, 15) is 18.0 Å². The van der Waals surface area contributed by atoms with Gasteiger partial charge in [-0.25, -0.2) is 8.42 Å². The topological polar surface area (TPSA) is 185 Å². The van der Waals surface area contributed by atoms with Gasteiger partial charge in [-0.2, -0.15) is 0 Å². The first-order valence-corrected chi connectivity index (χ1v) is 11.3. The van der Waals surface area contributed by atoms with Gasteiger partial charge in [0.2, 0.25) is 11.9 Å². The molecule has 7 N–H and O–H groups in total. The molecule has 2 aromatic carbocycles. The highest BCUT2D eigenvalue weighted by atomic mass is 32.2. The highest BCUT2D eigenvalue weighted by Gasteiger charge is 2.24. The zero-order valence-corrected chi connectivity index (χ0v) is 18.6. The summed E-state index contributed by atoms with van der Waals surface area (Å²) in [6.45, 7) is 1.49. The number of pyridine rings is 1. The van der Waals surface area contributed by atoms with Crippen LogP contribution in [0.3, 0.4) is 0 Å². The van der Waals surface area contributed by atoms with Crippen LogP contribution in [0.25, 0.3) is 10.8 Å². The van der Waals surface area contributed by atoms with Crippen molar-refractivity contribution in [3.8, 4) is 0 Å². The standard InChI is InChI=1S/C21H24N6O5S/c1-13-9-10-16(20(29)27(13)17(19(22)28)11-12-32-25-21(23)24)26-33(30,31)18-8-4-6-14-5-2-3-7-15(14)18/h2-10,17,26H,11-12H2,1H3,(H2,22,28)(H4,23,24,25). The molecule has 3 rings (SSSR count). The van der Waals surface area contributed by atoms with Gasteiger partial charge in [0, 0.05) is 17.5 Å². The van der Waals surface area contributed by atoms with E-state index in [4.69, 9.17) is 22.0 Å². The van der Waals surface area contributed by atoms with Crippen molar-refractivity contribution in [1.29, 1.82) is 0 Å². The van der Waals surface area contributed by atoms with Crippen LogP contribution in [0.1, 0.15) is 18.2 Å². The van der Waals surface area contributed by atoms with Crippen molar-refractivity contribution in [2.24, 2.45) is 22.4 Å². The van der Waals surface area contributed by atoms with Crippen LogP contribution in [0.2, 0.25) is 0 Å². The number of carbonyl (C=O) groups excluding carboxylic acids is 1. The minimum Gasteiger partial charge on any atom is -0.393 e. The van der Waals surface area contributed by atoms with E-state index in [0.29, 0.717) is 11.1 Å². The maximum absolute atomic E-state index is 13.2. The van der Waals surface area contributed by atoms with Gasteiger partial charge in [0.15, 0.2) is 0 Å². The monoisotopic (exact) mass is 472 g/mol. The molecule has 1 heterocycles. The molecule has 0 fully saturated rings. The first kappa shape index (κ1) is 23.6. The second-order valence-electron chi connectivity index (χ2n) is 7.20. The summed E-state index contributed by atoms with van der Waals surface area (Å²) < 4.78 is 29.7. The number of anilines is 1. The molecule has 0 aliphatic rings. The number of oxime groups is 1. The number of nitrogens with two attached hydrogens (primary N) is 3. The number of hydrogen-bond donors (Lipinski definition) is 4. The third-order valence-electron chi connectivity index (χ3n) is 4.90. The zero-order valence-electron chi connectivity index (χ0n) is 17.8. The second-order valence-corrected chi connectivity index (χ2v) is 8.85. The summed E-state index contributed by atoms with van der Waals surface area (Å²) in [5.74, 6) is -1.11. The highest BCUT2D eigenvalue weighted by Crippen LogP contribution is 2.24. The van der Waals surface area contributed by atoms with Crippen LogP contribution in [0, 0.1) is 6.92 Å². The minimum atomic E-state index is -4.12. The smallest absolute Gasteiger partial charge is 0.275 e. The van der Waals surface area contributed by atoms with Gasteiger partial charge in [0.25, 0.3) is 15.6 Å². The number of hydrogen-bond acceptors (Lipinski definition) is 6. The van der Waals surface area contributed by atoms with Gasteiger partial charge >= 0.3 is 0 Å². The first-order valence-electron chi connectivity index (χ1n) is 9.85. The fourth-order valence-electron chi connectivity index (χ4n) is 3.42. The Morgan fingerprint density at radius 2 is 1.79 bits per heavy atom. The van der Waals surface area contributed by atoms with Gasteiger partial charge in [-0.3, -0.25) is 18.9 Å². The maximum atomic E-state index is 13.2. The molecule has 174 valence electrons. The molecule has 0 aliphatic carbocycles. The average molecular weight is 473 g/mol. The Kier molecular flexibility index (Phi) is 6.87. The molecular formula is C21H24N6O5S. The molecule has 1 atom stereocenters. The van der Waals surface area contributed by atoms with Crippen LogP contribution < -0.4 is 27.5 Å². The van der Waals surface area contributed by atoms with Crippen LogP contribution >= 0.6 is 0 Å². The summed E-state index contributed by atoms with van der Waals surface area (Å²) in [6, 6.07) is 13.6. The average Bonchev–Trinajstić information content (AvgIpc) is 2.76. The van der Waals surface area contributed by atoms with E-state index in [0.717, 1.165) is 9.95 Å². The van der Waals surface area contributed by atoms with E-state index >= 15 is 0 Å². The number of primary amides is 1. The predicted molar refractivity (Wildman–Crippen MR) is 125 cm³/mol. The predicted octanol–water partition coefficient (Wildman–Crippen LogP) is 0.732. The molecule has 0 radical (unpaired) electrons. The van der Waals surface area contributed by atoms with Crippen molar-refractivity contribution in [3.05, 3.63) is 70.6 Å². The molecule has 1 aromatic heterocycles. The molecule has 11 nitrogen and oxygen atoms in total. The number of carbonyl (C=O) groups is 1. The van der Waals surface area contributed by atoms with E-state index in [1.807, 2.05) is 0 Å². The largest absolute Gasteiger partial charge is 0.393 e. The lowest BCUT2D eigenvalue weighted by Gasteiger charge is -2.20. The lowest BCUT2D eigenvalue weighted by molar-refractivity contribution is -0.121. The van der Waals surface area contributed by atoms with Gasteiger partial charge in [-0.1, -0.05) is 36.4 Å². The third-order valence-corrected chi connectivity index (χ3v) is 6.32. The van der Waals surface area contributed by atoms with E-state index < -0.39 is 27.5 Å². The molecule has 0 spiro atoms. The quantitative estimate of drug-likeness (QED) is 0.153. The molecule has 0 saturated carbocycles. The second kappa shape index (κ2) is 9.61. The summed E-state index contributed by atoms with van der Waals surface area (Å²) in [5.41, 5.74) is 15.3. The molecule has 0 aliphatic heterocycles. The lowest BCUT2D eigenvalue weighted by Crippen LogP contribution is -2.37. The van der Waals surface area contributed by atoms with Crippen molar-refractivity contribution < 1.29 is 18.0 Å². The number of guanidine groups is 1. The van der Waals surface area contributed by atoms with Gasteiger partial charge < -0.3 is 22.0 Å². The fraction of sp³-hybridized carbons (Fsp3) is 0.190. The van der Waals surface area contributed by atoms with Gasteiger partial charge in [-0.05, 0) is 35.7 Å². The summed E-state index contributed by atoms with van der Waals surface area (Å²) in [4.78, 5) is 30.2.